The molecule has 3 aromatic carbocycles. The van der Waals surface area contributed by atoms with Gasteiger partial charge in [-0.3, -0.25) is 0 Å². The van der Waals surface area contributed by atoms with E-state index < -0.39 is 11.7 Å². The summed E-state index contributed by atoms with van der Waals surface area (Å²) in [7, 11) is 0. The Kier molecular flexibility index (Phi) is 7.42. The van der Waals surface area contributed by atoms with Gasteiger partial charge in [-0.1, -0.05) is 78.9 Å². The molecule has 0 amide bonds. The number of nitrogens with zero attached hydrogens (tertiary/aromatic N) is 2. The van der Waals surface area contributed by atoms with Crippen molar-refractivity contribution in [2.45, 2.75) is 32.2 Å². The number of hydrogen-bond donors (Lipinski definition) is 0. The highest BCUT2D eigenvalue weighted by Gasteiger charge is 2.30. The molecule has 0 saturated heterocycles. The normalized spacial score (nSPS) is 11.3. The van der Waals surface area contributed by atoms with Crippen LogP contribution in [0.2, 0.25) is 0 Å². The smallest absolute Gasteiger partial charge is 0.416 e. The first kappa shape index (κ1) is 23.3. The summed E-state index contributed by atoms with van der Waals surface area (Å²) < 4.78 is 50.8. The van der Waals surface area contributed by atoms with E-state index in [0.29, 0.717) is 43.1 Å². The quantitative estimate of drug-likeness (QED) is 0.286. The molecule has 7 heteroatoms. The highest BCUT2D eigenvalue weighted by molar-refractivity contribution is 5.35. The monoisotopic (exact) mass is 464 g/mol. The lowest BCUT2D eigenvalue weighted by molar-refractivity contribution is -0.137. The van der Waals surface area contributed by atoms with E-state index in [4.69, 9.17) is 9.47 Å². The van der Waals surface area contributed by atoms with Gasteiger partial charge < -0.3 is 9.47 Å². The second-order valence-corrected chi connectivity index (χ2v) is 7.75. The van der Waals surface area contributed by atoms with Crippen LogP contribution in [0.25, 0.3) is 0 Å². The number of rotatable bonds is 9. The largest absolute Gasteiger partial charge is 0.483 e. The molecule has 0 aliphatic heterocycles. The van der Waals surface area contributed by atoms with Crippen LogP contribution in [-0.2, 0) is 32.2 Å². The molecule has 1 aromatic heterocycles. The van der Waals surface area contributed by atoms with Gasteiger partial charge in [0.2, 0.25) is 0 Å². The molecule has 0 radical (unpaired) electrons. The summed E-state index contributed by atoms with van der Waals surface area (Å²) in [5.41, 5.74) is 2.48. The molecular weight excluding hydrogens is 441 g/mol. The second kappa shape index (κ2) is 10.8. The molecule has 174 valence electrons. The maximum atomic E-state index is 13.0. The number of aromatic nitrogens is 2. The standard InChI is InChI=1S/C27H23F3N2O2/c28-27(29,30)23-13-7-12-20(16-23)14-15-24-17-25(33-18-21-8-3-1-4-9-21)26(32-31-24)34-19-22-10-5-2-6-11-22/h1-13,16-17H,14-15,18-19H2. The molecule has 0 atom stereocenters. The molecule has 0 aliphatic rings. The lowest BCUT2D eigenvalue weighted by Crippen LogP contribution is -2.07. The molecule has 4 nitrogen and oxygen atoms in total. The molecule has 0 N–H and O–H groups in total. The summed E-state index contributed by atoms with van der Waals surface area (Å²) in [5, 5.41) is 8.41. The van der Waals surface area contributed by atoms with E-state index in [1.165, 1.54) is 6.07 Å². The summed E-state index contributed by atoms with van der Waals surface area (Å²) in [6.45, 7) is 0.627. The van der Waals surface area contributed by atoms with Crippen molar-refractivity contribution in [3.8, 4) is 11.6 Å². The predicted octanol–water partition coefficient (Wildman–Crippen LogP) is 6.44. The van der Waals surface area contributed by atoms with Crippen molar-refractivity contribution in [2.75, 3.05) is 0 Å². The van der Waals surface area contributed by atoms with E-state index in [2.05, 4.69) is 10.2 Å². The molecule has 34 heavy (non-hydrogen) atoms. The SMILES string of the molecule is FC(F)(F)c1cccc(CCc2cc(OCc3ccccc3)c(OCc3ccccc3)nn2)c1. The Morgan fingerprint density at radius 1 is 0.618 bits per heavy atom. The fourth-order valence-corrected chi connectivity index (χ4v) is 3.36. The van der Waals surface area contributed by atoms with Gasteiger partial charge in [-0.05, 0) is 35.6 Å². The van der Waals surface area contributed by atoms with Crippen LogP contribution >= 0.6 is 0 Å². The fraction of sp³-hybridized carbons (Fsp3) is 0.185. The predicted molar refractivity (Wildman–Crippen MR) is 122 cm³/mol. The van der Waals surface area contributed by atoms with E-state index in [1.54, 1.807) is 12.1 Å². The Labute approximate surface area is 196 Å². The van der Waals surface area contributed by atoms with Gasteiger partial charge in [-0.2, -0.15) is 18.3 Å². The Morgan fingerprint density at radius 2 is 1.24 bits per heavy atom. The molecule has 0 bridgehead atoms. The van der Waals surface area contributed by atoms with Crippen molar-refractivity contribution in [1.29, 1.82) is 0 Å². The first-order chi connectivity index (χ1) is 16.5. The average Bonchev–Trinajstić information content (AvgIpc) is 2.86. The van der Waals surface area contributed by atoms with Crippen molar-refractivity contribution >= 4 is 0 Å². The third-order valence-electron chi connectivity index (χ3n) is 5.16. The van der Waals surface area contributed by atoms with Crippen LogP contribution in [0.15, 0.2) is 91.0 Å². The van der Waals surface area contributed by atoms with Crippen LogP contribution in [0, 0.1) is 0 Å². The lowest BCUT2D eigenvalue weighted by Gasteiger charge is -2.13. The van der Waals surface area contributed by atoms with Gasteiger partial charge in [-0.15, -0.1) is 5.10 Å². The van der Waals surface area contributed by atoms with Crippen molar-refractivity contribution in [3.05, 3.63) is 119 Å². The molecule has 0 saturated carbocycles. The van der Waals surface area contributed by atoms with E-state index >= 15 is 0 Å². The summed E-state index contributed by atoms with van der Waals surface area (Å²) in [6.07, 6.45) is -3.57. The van der Waals surface area contributed by atoms with E-state index in [1.807, 2.05) is 60.7 Å². The van der Waals surface area contributed by atoms with Crippen LogP contribution in [0.5, 0.6) is 11.6 Å². The zero-order valence-electron chi connectivity index (χ0n) is 18.3. The van der Waals surface area contributed by atoms with E-state index in [0.717, 1.165) is 23.3 Å². The number of hydrogen-bond acceptors (Lipinski definition) is 4. The first-order valence-electron chi connectivity index (χ1n) is 10.8. The number of alkyl halides is 3. The zero-order chi connectivity index (χ0) is 23.8. The topological polar surface area (TPSA) is 44.2 Å². The lowest BCUT2D eigenvalue weighted by atomic mass is 10.0. The maximum Gasteiger partial charge on any atom is 0.416 e. The Bertz CT molecular complexity index is 1200. The minimum Gasteiger partial charge on any atom is -0.483 e. The van der Waals surface area contributed by atoms with E-state index in [9.17, 15) is 13.2 Å². The molecule has 0 unspecified atom stereocenters. The molecule has 0 spiro atoms. The van der Waals surface area contributed by atoms with Crippen LogP contribution in [-0.4, -0.2) is 10.2 Å². The van der Waals surface area contributed by atoms with Gasteiger partial charge in [0, 0.05) is 6.07 Å². The highest BCUT2D eigenvalue weighted by atomic mass is 19.4. The second-order valence-electron chi connectivity index (χ2n) is 7.75. The summed E-state index contributed by atoms with van der Waals surface area (Å²) in [4.78, 5) is 0. The Balaban J connectivity index is 1.49. The third kappa shape index (κ3) is 6.57. The fourth-order valence-electron chi connectivity index (χ4n) is 3.36. The van der Waals surface area contributed by atoms with Gasteiger partial charge in [0.1, 0.15) is 13.2 Å². The number of benzene rings is 3. The number of halogens is 3. The molecule has 4 rings (SSSR count). The third-order valence-corrected chi connectivity index (χ3v) is 5.16. The summed E-state index contributed by atoms with van der Waals surface area (Å²) in [5.74, 6) is 0.705. The van der Waals surface area contributed by atoms with Crippen molar-refractivity contribution < 1.29 is 22.6 Å². The Hall–Kier alpha value is -3.87. The van der Waals surface area contributed by atoms with Gasteiger partial charge in [0.05, 0.1) is 11.3 Å². The van der Waals surface area contributed by atoms with Gasteiger partial charge in [0.25, 0.3) is 5.88 Å². The van der Waals surface area contributed by atoms with Crippen LogP contribution < -0.4 is 9.47 Å². The molecule has 1 heterocycles. The van der Waals surface area contributed by atoms with Gasteiger partial charge in [0.15, 0.2) is 5.75 Å². The van der Waals surface area contributed by atoms with E-state index in [-0.39, 0.29) is 5.88 Å². The average molecular weight is 464 g/mol. The minimum atomic E-state index is -4.37. The van der Waals surface area contributed by atoms with Crippen molar-refractivity contribution in [2.24, 2.45) is 0 Å². The van der Waals surface area contributed by atoms with Crippen LogP contribution in [0.4, 0.5) is 13.2 Å². The maximum absolute atomic E-state index is 13.0. The summed E-state index contributed by atoms with van der Waals surface area (Å²) >= 11 is 0. The zero-order valence-corrected chi connectivity index (χ0v) is 18.3. The number of aryl methyl sites for hydroxylation is 2. The first-order valence-corrected chi connectivity index (χ1v) is 10.8. The van der Waals surface area contributed by atoms with Gasteiger partial charge in [-0.25, -0.2) is 0 Å². The minimum absolute atomic E-state index is 0.266. The summed E-state index contributed by atoms with van der Waals surface area (Å²) in [6, 6.07) is 26.4. The van der Waals surface area contributed by atoms with Gasteiger partial charge >= 0.3 is 6.18 Å². The van der Waals surface area contributed by atoms with Crippen LogP contribution in [0.1, 0.15) is 27.9 Å². The Morgan fingerprint density at radius 3 is 1.88 bits per heavy atom. The number of ether oxygens (including phenoxy) is 2. The molecule has 4 aromatic rings. The highest BCUT2D eigenvalue weighted by Crippen LogP contribution is 2.30. The molecular formula is C27H23F3N2O2. The van der Waals surface area contributed by atoms with Crippen LogP contribution in [0.3, 0.4) is 0 Å². The molecule has 0 aliphatic carbocycles. The van der Waals surface area contributed by atoms with Crippen molar-refractivity contribution in [3.63, 3.8) is 0 Å². The molecule has 0 fully saturated rings. The van der Waals surface area contributed by atoms with Crippen molar-refractivity contribution in [1.82, 2.24) is 10.2 Å².